The number of hydrogen-bond donors (Lipinski definition) is 0. The Labute approximate surface area is 178 Å². The molecular formula is C23H19NO3S2. The zero-order valence-corrected chi connectivity index (χ0v) is 18.2. The average molecular weight is 422 g/mol. The summed E-state index contributed by atoms with van der Waals surface area (Å²) < 4.78 is 6.14. The fourth-order valence-electron chi connectivity index (χ4n) is 3.61. The lowest BCUT2D eigenvalue weighted by Gasteiger charge is -2.17. The van der Waals surface area contributed by atoms with E-state index in [1.807, 2.05) is 58.0 Å². The molecule has 4 rings (SSSR count). The Kier molecular flexibility index (Phi) is 4.92. The van der Waals surface area contributed by atoms with Gasteiger partial charge in [-0.05, 0) is 62.6 Å². The van der Waals surface area contributed by atoms with E-state index in [1.54, 1.807) is 6.08 Å². The van der Waals surface area contributed by atoms with Crippen molar-refractivity contribution in [1.82, 2.24) is 0 Å². The molecular weight excluding hydrogens is 402 g/mol. The summed E-state index contributed by atoms with van der Waals surface area (Å²) in [7, 11) is 0. The summed E-state index contributed by atoms with van der Waals surface area (Å²) in [5.74, 6) is -0.230. The molecule has 0 N–H and O–H groups in total. The Balaban J connectivity index is 1.78. The maximum atomic E-state index is 13.1. The molecule has 1 amide bonds. The van der Waals surface area contributed by atoms with Gasteiger partial charge in [-0.2, -0.15) is 0 Å². The van der Waals surface area contributed by atoms with Crippen molar-refractivity contribution in [2.45, 2.75) is 27.7 Å². The summed E-state index contributed by atoms with van der Waals surface area (Å²) in [4.78, 5) is 28.0. The first-order valence-electron chi connectivity index (χ1n) is 9.14. The first-order chi connectivity index (χ1) is 13.8. The molecule has 0 aliphatic carbocycles. The zero-order chi connectivity index (χ0) is 20.9. The number of hydrogen-bond acceptors (Lipinski definition) is 5. The molecule has 1 aliphatic rings. The highest BCUT2D eigenvalue weighted by atomic mass is 32.2. The van der Waals surface area contributed by atoms with Crippen molar-refractivity contribution < 1.29 is 9.21 Å². The van der Waals surface area contributed by atoms with Gasteiger partial charge in [-0.15, -0.1) is 0 Å². The number of carbonyl (C=O) groups excluding carboxylic acids is 1. The Bertz CT molecular complexity index is 1290. The van der Waals surface area contributed by atoms with Crippen LogP contribution in [-0.2, 0) is 4.79 Å². The van der Waals surface area contributed by atoms with Gasteiger partial charge in [0, 0.05) is 0 Å². The molecule has 1 fully saturated rings. The predicted molar refractivity (Wildman–Crippen MR) is 124 cm³/mol. The second kappa shape index (κ2) is 7.28. The quantitative estimate of drug-likeness (QED) is 0.408. The lowest BCUT2D eigenvalue weighted by Crippen LogP contribution is -2.28. The van der Waals surface area contributed by atoms with Gasteiger partial charge in [-0.25, -0.2) is 0 Å². The van der Waals surface area contributed by atoms with Gasteiger partial charge in [0.15, 0.2) is 9.75 Å². The van der Waals surface area contributed by atoms with Gasteiger partial charge in [0.25, 0.3) is 5.91 Å². The SMILES string of the molecule is Cc1ccc(N2C(=O)C(=Cc3coc4cc(C)cc(C)c4c3=O)SC2=S)c(C)c1. The maximum absolute atomic E-state index is 13.1. The van der Waals surface area contributed by atoms with E-state index >= 15 is 0 Å². The van der Waals surface area contributed by atoms with Crippen LogP contribution in [0.3, 0.4) is 0 Å². The molecule has 0 spiro atoms. The van der Waals surface area contributed by atoms with Crippen molar-refractivity contribution in [3.8, 4) is 0 Å². The first-order valence-corrected chi connectivity index (χ1v) is 10.4. The third-order valence-corrected chi connectivity index (χ3v) is 6.22. The Hall–Kier alpha value is -2.70. The van der Waals surface area contributed by atoms with E-state index in [0.29, 0.717) is 25.8 Å². The van der Waals surface area contributed by atoms with Gasteiger partial charge in [-0.1, -0.05) is 47.7 Å². The number of fused-ring (bicyclic) bond motifs is 1. The van der Waals surface area contributed by atoms with Crippen LogP contribution in [0.5, 0.6) is 0 Å². The number of thioether (sulfide) groups is 1. The highest BCUT2D eigenvalue weighted by Gasteiger charge is 2.34. The molecule has 0 unspecified atom stereocenters. The van der Waals surface area contributed by atoms with Crippen LogP contribution in [0.4, 0.5) is 5.69 Å². The van der Waals surface area contributed by atoms with Gasteiger partial charge in [0.05, 0.1) is 21.5 Å². The molecule has 6 heteroatoms. The fraction of sp³-hybridized carbons (Fsp3) is 0.174. The average Bonchev–Trinajstić information content (AvgIpc) is 2.91. The van der Waals surface area contributed by atoms with Crippen molar-refractivity contribution in [1.29, 1.82) is 0 Å². The minimum Gasteiger partial charge on any atom is -0.463 e. The molecule has 0 atom stereocenters. The number of carbonyl (C=O) groups is 1. The normalized spacial score (nSPS) is 15.7. The van der Waals surface area contributed by atoms with E-state index in [2.05, 4.69) is 0 Å². The molecule has 0 saturated carbocycles. The zero-order valence-electron chi connectivity index (χ0n) is 16.5. The van der Waals surface area contributed by atoms with Crippen LogP contribution in [-0.4, -0.2) is 10.2 Å². The van der Waals surface area contributed by atoms with Gasteiger partial charge in [-0.3, -0.25) is 14.5 Å². The summed E-state index contributed by atoms with van der Waals surface area (Å²) in [6.45, 7) is 7.80. The lowest BCUT2D eigenvalue weighted by molar-refractivity contribution is -0.113. The van der Waals surface area contributed by atoms with Gasteiger partial charge in [0.1, 0.15) is 11.8 Å². The minimum atomic E-state index is -0.230. The summed E-state index contributed by atoms with van der Waals surface area (Å²) in [6, 6.07) is 9.65. The molecule has 0 bridgehead atoms. The molecule has 146 valence electrons. The third-order valence-electron chi connectivity index (χ3n) is 4.92. The number of anilines is 1. The van der Waals surface area contributed by atoms with E-state index in [1.165, 1.54) is 22.9 Å². The van der Waals surface area contributed by atoms with Crippen LogP contribution in [0.1, 0.15) is 27.8 Å². The van der Waals surface area contributed by atoms with Crippen LogP contribution in [0.15, 0.2) is 50.7 Å². The molecule has 1 aliphatic heterocycles. The Morgan fingerprint density at radius 3 is 2.45 bits per heavy atom. The first kappa shape index (κ1) is 19.6. The monoisotopic (exact) mass is 421 g/mol. The number of aryl methyl sites for hydroxylation is 4. The largest absolute Gasteiger partial charge is 0.463 e. The minimum absolute atomic E-state index is 0.152. The third kappa shape index (κ3) is 3.43. The molecule has 1 aromatic heterocycles. The number of benzene rings is 2. The number of nitrogens with zero attached hydrogens (tertiary/aromatic N) is 1. The van der Waals surface area contributed by atoms with Crippen molar-refractivity contribution in [2.75, 3.05) is 4.90 Å². The van der Waals surface area contributed by atoms with Crippen LogP contribution >= 0.6 is 24.0 Å². The smallest absolute Gasteiger partial charge is 0.270 e. The molecule has 29 heavy (non-hydrogen) atoms. The second-order valence-corrected chi connectivity index (χ2v) is 8.96. The molecule has 3 aromatic rings. The van der Waals surface area contributed by atoms with E-state index in [-0.39, 0.29) is 11.3 Å². The highest BCUT2D eigenvalue weighted by Crippen LogP contribution is 2.37. The predicted octanol–water partition coefficient (Wildman–Crippen LogP) is 5.43. The second-order valence-electron chi connectivity index (χ2n) is 7.28. The summed E-state index contributed by atoms with van der Waals surface area (Å²) in [6.07, 6.45) is 2.99. The van der Waals surface area contributed by atoms with Crippen LogP contribution in [0.2, 0.25) is 0 Å². The molecule has 2 aromatic carbocycles. The molecule has 4 nitrogen and oxygen atoms in total. The number of amides is 1. The lowest BCUT2D eigenvalue weighted by atomic mass is 10.0. The van der Waals surface area contributed by atoms with Crippen LogP contribution in [0, 0.1) is 27.7 Å². The summed E-state index contributed by atoms with van der Waals surface area (Å²) >= 11 is 6.65. The standard InChI is InChI=1S/C23H19NO3S2/c1-12-5-6-17(14(3)7-12)24-22(26)19(29-23(24)28)10-16-11-27-18-9-13(2)8-15(4)20(18)21(16)25/h5-11H,1-4H3. The highest BCUT2D eigenvalue weighted by molar-refractivity contribution is 8.27. The number of rotatable bonds is 2. The Morgan fingerprint density at radius 2 is 1.72 bits per heavy atom. The van der Waals surface area contributed by atoms with E-state index in [9.17, 15) is 9.59 Å². The topological polar surface area (TPSA) is 50.5 Å². The van der Waals surface area contributed by atoms with Gasteiger partial charge < -0.3 is 4.42 Å². The molecule has 1 saturated heterocycles. The van der Waals surface area contributed by atoms with Gasteiger partial charge in [0.2, 0.25) is 0 Å². The van der Waals surface area contributed by atoms with Crippen LogP contribution < -0.4 is 10.3 Å². The molecule has 2 heterocycles. The fourth-order valence-corrected chi connectivity index (χ4v) is 4.89. The Morgan fingerprint density at radius 1 is 1.00 bits per heavy atom. The van der Waals surface area contributed by atoms with Gasteiger partial charge >= 0.3 is 0 Å². The van der Waals surface area contributed by atoms with Crippen molar-refractivity contribution in [3.05, 3.63) is 79.5 Å². The van der Waals surface area contributed by atoms with Crippen molar-refractivity contribution >= 4 is 56.9 Å². The summed E-state index contributed by atoms with van der Waals surface area (Å²) in [5.41, 5.74) is 5.47. The number of thiocarbonyl (C=S) groups is 1. The maximum Gasteiger partial charge on any atom is 0.270 e. The van der Waals surface area contributed by atoms with E-state index in [0.717, 1.165) is 27.9 Å². The van der Waals surface area contributed by atoms with Crippen LogP contribution in [0.25, 0.3) is 17.0 Å². The molecule has 0 radical (unpaired) electrons. The summed E-state index contributed by atoms with van der Waals surface area (Å²) in [5, 5.41) is 0.536. The van der Waals surface area contributed by atoms with Crippen molar-refractivity contribution in [3.63, 3.8) is 0 Å². The van der Waals surface area contributed by atoms with E-state index < -0.39 is 0 Å². The van der Waals surface area contributed by atoms with Crippen molar-refractivity contribution in [2.24, 2.45) is 0 Å². The van der Waals surface area contributed by atoms with E-state index in [4.69, 9.17) is 16.6 Å².